The SMILES string of the molecule is CCOC(=O)CN(C)Cc1ccc(-c2cc(C(F)(F)F)cnc2N(C)C)cc1. The monoisotopic (exact) mass is 395 g/mol. The molecule has 1 heterocycles. The second-order valence-corrected chi connectivity index (χ2v) is 6.66. The quantitative estimate of drug-likeness (QED) is 0.667. The van der Waals surface area contributed by atoms with E-state index in [1.165, 1.54) is 0 Å². The lowest BCUT2D eigenvalue weighted by Crippen LogP contribution is -2.26. The van der Waals surface area contributed by atoms with Gasteiger partial charge in [0.15, 0.2) is 0 Å². The van der Waals surface area contributed by atoms with E-state index in [1.54, 1.807) is 45.1 Å². The molecule has 0 fully saturated rings. The first-order valence-corrected chi connectivity index (χ1v) is 8.79. The number of carbonyl (C=O) groups excluding carboxylic acids is 1. The first-order chi connectivity index (χ1) is 13.1. The van der Waals surface area contributed by atoms with Gasteiger partial charge < -0.3 is 9.64 Å². The number of pyridine rings is 1. The Morgan fingerprint density at radius 3 is 2.32 bits per heavy atom. The van der Waals surface area contributed by atoms with E-state index < -0.39 is 11.7 Å². The van der Waals surface area contributed by atoms with E-state index in [0.717, 1.165) is 17.8 Å². The third kappa shape index (κ3) is 5.69. The van der Waals surface area contributed by atoms with Gasteiger partial charge in [0, 0.05) is 32.4 Å². The molecule has 0 aliphatic rings. The predicted octanol–water partition coefficient (Wildman–Crippen LogP) is 3.83. The van der Waals surface area contributed by atoms with Crippen LogP contribution in [0, 0.1) is 0 Å². The summed E-state index contributed by atoms with van der Waals surface area (Å²) in [6.45, 7) is 2.76. The van der Waals surface area contributed by atoms with Crippen molar-refractivity contribution in [1.29, 1.82) is 0 Å². The Morgan fingerprint density at radius 1 is 1.14 bits per heavy atom. The van der Waals surface area contributed by atoms with E-state index in [-0.39, 0.29) is 12.5 Å². The van der Waals surface area contributed by atoms with Crippen molar-refractivity contribution >= 4 is 11.8 Å². The summed E-state index contributed by atoms with van der Waals surface area (Å²) in [7, 11) is 5.27. The van der Waals surface area contributed by atoms with Crippen molar-refractivity contribution in [3.8, 4) is 11.1 Å². The summed E-state index contributed by atoms with van der Waals surface area (Å²) in [5, 5.41) is 0. The van der Waals surface area contributed by atoms with Crippen LogP contribution in [0.2, 0.25) is 0 Å². The zero-order chi connectivity index (χ0) is 20.9. The van der Waals surface area contributed by atoms with Crippen LogP contribution in [-0.2, 0) is 22.3 Å². The van der Waals surface area contributed by atoms with E-state index in [1.807, 2.05) is 17.0 Å². The van der Waals surface area contributed by atoms with Gasteiger partial charge in [-0.1, -0.05) is 24.3 Å². The van der Waals surface area contributed by atoms with Gasteiger partial charge in [-0.3, -0.25) is 9.69 Å². The third-order valence-corrected chi connectivity index (χ3v) is 4.04. The first kappa shape index (κ1) is 21.7. The number of rotatable bonds is 7. The Morgan fingerprint density at radius 2 is 1.79 bits per heavy atom. The minimum atomic E-state index is -4.46. The van der Waals surface area contributed by atoms with Gasteiger partial charge in [0.1, 0.15) is 5.82 Å². The van der Waals surface area contributed by atoms with Crippen LogP contribution >= 0.6 is 0 Å². The number of likely N-dealkylation sites (N-methyl/N-ethyl adjacent to an activating group) is 1. The molecule has 0 spiro atoms. The van der Waals surface area contributed by atoms with Crippen LogP contribution in [0.25, 0.3) is 11.1 Å². The molecule has 1 aromatic heterocycles. The van der Waals surface area contributed by atoms with Gasteiger partial charge >= 0.3 is 12.1 Å². The molecule has 0 aliphatic carbocycles. The zero-order valence-electron chi connectivity index (χ0n) is 16.4. The number of esters is 1. The molecule has 0 atom stereocenters. The number of hydrogen-bond donors (Lipinski definition) is 0. The Kier molecular flexibility index (Phi) is 7.01. The fraction of sp³-hybridized carbons (Fsp3) is 0.400. The molecule has 0 aliphatic heterocycles. The summed E-state index contributed by atoms with van der Waals surface area (Å²) in [6, 6.07) is 8.30. The number of alkyl halides is 3. The number of ether oxygens (including phenoxy) is 1. The van der Waals surface area contributed by atoms with Crippen molar-refractivity contribution in [2.75, 3.05) is 39.2 Å². The summed E-state index contributed by atoms with van der Waals surface area (Å²) in [6.07, 6.45) is -3.61. The largest absolute Gasteiger partial charge is 0.465 e. The fourth-order valence-corrected chi connectivity index (χ4v) is 2.77. The zero-order valence-corrected chi connectivity index (χ0v) is 16.4. The average molecular weight is 395 g/mol. The Labute approximate surface area is 162 Å². The second-order valence-electron chi connectivity index (χ2n) is 6.66. The van der Waals surface area contributed by atoms with Gasteiger partial charge in [-0.25, -0.2) is 4.98 Å². The van der Waals surface area contributed by atoms with Crippen molar-refractivity contribution in [2.24, 2.45) is 0 Å². The molecule has 0 radical (unpaired) electrons. The van der Waals surface area contributed by atoms with Gasteiger partial charge in [0.25, 0.3) is 0 Å². The highest BCUT2D eigenvalue weighted by Gasteiger charge is 2.32. The predicted molar refractivity (Wildman–Crippen MR) is 102 cm³/mol. The number of halogens is 3. The maximum Gasteiger partial charge on any atom is 0.417 e. The van der Waals surface area contributed by atoms with Crippen LogP contribution < -0.4 is 4.90 Å². The topological polar surface area (TPSA) is 45.7 Å². The lowest BCUT2D eigenvalue weighted by atomic mass is 10.0. The second kappa shape index (κ2) is 9.05. The Balaban J connectivity index is 2.24. The molecule has 0 amide bonds. The normalized spacial score (nSPS) is 11.6. The van der Waals surface area contributed by atoms with Gasteiger partial charge in [-0.2, -0.15) is 13.2 Å². The first-order valence-electron chi connectivity index (χ1n) is 8.79. The molecule has 0 bridgehead atoms. The van der Waals surface area contributed by atoms with E-state index in [4.69, 9.17) is 4.74 Å². The molecule has 28 heavy (non-hydrogen) atoms. The highest BCUT2D eigenvalue weighted by Crippen LogP contribution is 2.35. The maximum absolute atomic E-state index is 13.1. The van der Waals surface area contributed by atoms with E-state index in [9.17, 15) is 18.0 Å². The van der Waals surface area contributed by atoms with Crippen LogP contribution in [0.15, 0.2) is 36.5 Å². The molecule has 0 saturated heterocycles. The van der Waals surface area contributed by atoms with Crippen molar-refractivity contribution in [2.45, 2.75) is 19.6 Å². The Bertz CT molecular complexity index is 805. The van der Waals surface area contributed by atoms with Crippen molar-refractivity contribution in [1.82, 2.24) is 9.88 Å². The van der Waals surface area contributed by atoms with Gasteiger partial charge in [0.2, 0.25) is 0 Å². The molecule has 0 unspecified atom stereocenters. The molecule has 2 aromatic rings. The number of aromatic nitrogens is 1. The summed E-state index contributed by atoms with van der Waals surface area (Å²) in [5.74, 6) is 0.160. The maximum atomic E-state index is 13.1. The van der Waals surface area contributed by atoms with Crippen LogP contribution in [0.3, 0.4) is 0 Å². The molecule has 0 N–H and O–H groups in total. The van der Waals surface area contributed by atoms with Crippen molar-refractivity contribution < 1.29 is 22.7 Å². The lowest BCUT2D eigenvalue weighted by Gasteiger charge is -2.19. The van der Waals surface area contributed by atoms with Crippen LogP contribution in [-0.4, -0.2) is 50.1 Å². The van der Waals surface area contributed by atoms with Gasteiger partial charge in [0.05, 0.1) is 18.7 Å². The minimum absolute atomic E-state index is 0.165. The highest BCUT2D eigenvalue weighted by molar-refractivity contribution is 5.76. The minimum Gasteiger partial charge on any atom is -0.465 e. The Hall–Kier alpha value is -2.61. The molecule has 0 saturated carbocycles. The molecule has 8 heteroatoms. The van der Waals surface area contributed by atoms with E-state index in [2.05, 4.69) is 4.98 Å². The standard InChI is InChI=1S/C20H24F3N3O2/c1-5-28-18(27)13-26(4)12-14-6-8-15(9-7-14)17-10-16(20(21,22)23)11-24-19(17)25(2)3/h6-11H,5,12-13H2,1-4H3. The summed E-state index contributed by atoms with van der Waals surface area (Å²) < 4.78 is 44.2. The number of carbonyl (C=O) groups is 1. The van der Waals surface area contributed by atoms with Crippen molar-refractivity contribution in [3.63, 3.8) is 0 Å². The number of hydrogen-bond acceptors (Lipinski definition) is 5. The number of anilines is 1. The van der Waals surface area contributed by atoms with Crippen LogP contribution in [0.1, 0.15) is 18.1 Å². The van der Waals surface area contributed by atoms with E-state index in [0.29, 0.717) is 30.1 Å². The van der Waals surface area contributed by atoms with Crippen LogP contribution in [0.5, 0.6) is 0 Å². The summed E-state index contributed by atoms with van der Waals surface area (Å²) in [4.78, 5) is 19.0. The van der Waals surface area contributed by atoms with Crippen molar-refractivity contribution in [3.05, 3.63) is 47.7 Å². The lowest BCUT2D eigenvalue weighted by molar-refractivity contribution is -0.144. The molecular formula is C20H24F3N3O2. The third-order valence-electron chi connectivity index (χ3n) is 4.04. The van der Waals surface area contributed by atoms with Crippen LogP contribution in [0.4, 0.5) is 19.0 Å². The molecular weight excluding hydrogens is 371 g/mol. The fourth-order valence-electron chi connectivity index (χ4n) is 2.77. The average Bonchev–Trinajstić information content (AvgIpc) is 2.61. The highest BCUT2D eigenvalue weighted by atomic mass is 19.4. The van der Waals surface area contributed by atoms with Gasteiger partial charge in [-0.05, 0) is 31.2 Å². The smallest absolute Gasteiger partial charge is 0.417 e. The number of benzene rings is 1. The molecule has 5 nitrogen and oxygen atoms in total. The molecule has 152 valence electrons. The molecule has 2 rings (SSSR count). The summed E-state index contributed by atoms with van der Waals surface area (Å²) >= 11 is 0. The van der Waals surface area contributed by atoms with E-state index >= 15 is 0 Å². The molecule has 1 aromatic carbocycles. The number of nitrogens with zero attached hydrogens (tertiary/aromatic N) is 3. The van der Waals surface area contributed by atoms with Gasteiger partial charge in [-0.15, -0.1) is 0 Å². The summed E-state index contributed by atoms with van der Waals surface area (Å²) in [5.41, 5.74) is 1.19.